The summed E-state index contributed by atoms with van der Waals surface area (Å²) < 4.78 is 5.54. The molecule has 0 aliphatic carbocycles. The Hall–Kier alpha value is -1.34. The minimum atomic E-state index is -0.198. The van der Waals surface area contributed by atoms with Crippen LogP contribution in [0.5, 0.6) is 0 Å². The molecule has 20 heavy (non-hydrogen) atoms. The van der Waals surface area contributed by atoms with Gasteiger partial charge < -0.3 is 15.0 Å². The minimum Gasteiger partial charge on any atom is -0.376 e. The summed E-state index contributed by atoms with van der Waals surface area (Å²) in [6, 6.07) is 1.42. The van der Waals surface area contributed by atoms with Gasteiger partial charge in [-0.25, -0.2) is 4.98 Å². The molecule has 2 heterocycles. The number of aromatic nitrogens is 2. The van der Waals surface area contributed by atoms with Crippen molar-refractivity contribution in [3.8, 4) is 0 Å². The fraction of sp³-hybridized carbons (Fsp3) is 0.615. The van der Waals surface area contributed by atoms with Crippen LogP contribution in [0.25, 0.3) is 0 Å². The number of thioether (sulfide) groups is 1. The van der Waals surface area contributed by atoms with E-state index in [1.807, 2.05) is 0 Å². The van der Waals surface area contributed by atoms with Gasteiger partial charge in [-0.15, -0.1) is 0 Å². The molecule has 1 aromatic heterocycles. The highest BCUT2D eigenvalue weighted by atomic mass is 32.2. The Morgan fingerprint density at radius 3 is 3.15 bits per heavy atom. The number of ether oxygens (including phenoxy) is 1. The summed E-state index contributed by atoms with van der Waals surface area (Å²) in [4.78, 5) is 29.7. The van der Waals surface area contributed by atoms with E-state index >= 15 is 0 Å². The summed E-state index contributed by atoms with van der Waals surface area (Å²) in [6.07, 6.45) is 3.39. The molecule has 1 unspecified atom stereocenters. The van der Waals surface area contributed by atoms with Gasteiger partial charge in [0.15, 0.2) is 5.16 Å². The zero-order valence-electron chi connectivity index (χ0n) is 11.5. The van der Waals surface area contributed by atoms with Gasteiger partial charge in [-0.1, -0.05) is 11.8 Å². The number of nitrogens with zero attached hydrogens (tertiary/aromatic N) is 1. The Bertz CT molecular complexity index is 512. The largest absolute Gasteiger partial charge is 0.376 e. The van der Waals surface area contributed by atoms with E-state index in [0.717, 1.165) is 25.9 Å². The molecule has 0 spiro atoms. The molecule has 1 amide bonds. The number of aromatic amines is 1. The molecule has 1 atom stereocenters. The third-order valence-corrected chi connectivity index (χ3v) is 3.86. The van der Waals surface area contributed by atoms with Crippen LogP contribution in [0.3, 0.4) is 0 Å². The summed E-state index contributed by atoms with van der Waals surface area (Å²) in [7, 11) is 0. The predicted octanol–water partition coefficient (Wildman–Crippen LogP) is 0.856. The second kappa shape index (κ2) is 7.44. The van der Waals surface area contributed by atoms with Crippen molar-refractivity contribution in [1.29, 1.82) is 0 Å². The van der Waals surface area contributed by atoms with E-state index < -0.39 is 0 Å². The van der Waals surface area contributed by atoms with Gasteiger partial charge in [0.2, 0.25) is 5.91 Å². The van der Waals surface area contributed by atoms with Crippen LogP contribution >= 0.6 is 11.8 Å². The van der Waals surface area contributed by atoms with Gasteiger partial charge in [0, 0.05) is 24.9 Å². The first-order valence-corrected chi connectivity index (χ1v) is 7.71. The lowest BCUT2D eigenvalue weighted by atomic mass is 10.1. The molecule has 110 valence electrons. The Morgan fingerprint density at radius 2 is 2.45 bits per heavy atom. The van der Waals surface area contributed by atoms with Crippen LogP contribution in [-0.2, 0) is 9.53 Å². The van der Waals surface area contributed by atoms with Gasteiger partial charge in [-0.2, -0.15) is 0 Å². The summed E-state index contributed by atoms with van der Waals surface area (Å²) in [5.74, 6) is 0.160. The highest BCUT2D eigenvalue weighted by Gasteiger charge is 2.14. The van der Waals surface area contributed by atoms with Crippen molar-refractivity contribution in [3.05, 3.63) is 22.1 Å². The molecule has 6 nitrogen and oxygen atoms in total. The maximum absolute atomic E-state index is 11.7. The highest BCUT2D eigenvalue weighted by molar-refractivity contribution is 7.99. The van der Waals surface area contributed by atoms with Crippen molar-refractivity contribution in [2.45, 2.75) is 37.4 Å². The molecule has 1 aliphatic rings. The lowest BCUT2D eigenvalue weighted by Crippen LogP contribution is -2.36. The first kappa shape index (κ1) is 15.1. The first-order valence-electron chi connectivity index (χ1n) is 6.72. The molecule has 1 fully saturated rings. The maximum atomic E-state index is 11.7. The Balaban J connectivity index is 1.72. The van der Waals surface area contributed by atoms with Gasteiger partial charge in [0.25, 0.3) is 5.56 Å². The van der Waals surface area contributed by atoms with Crippen molar-refractivity contribution in [1.82, 2.24) is 15.3 Å². The normalized spacial score (nSPS) is 18.8. The summed E-state index contributed by atoms with van der Waals surface area (Å²) in [6.45, 7) is 3.08. The Labute approximate surface area is 121 Å². The van der Waals surface area contributed by atoms with Crippen molar-refractivity contribution in [3.63, 3.8) is 0 Å². The van der Waals surface area contributed by atoms with Crippen LogP contribution in [0.2, 0.25) is 0 Å². The number of carbonyl (C=O) groups is 1. The minimum absolute atomic E-state index is 0.0756. The van der Waals surface area contributed by atoms with E-state index in [9.17, 15) is 9.59 Å². The quantitative estimate of drug-likeness (QED) is 0.622. The van der Waals surface area contributed by atoms with E-state index in [-0.39, 0.29) is 23.3 Å². The number of hydrogen-bond donors (Lipinski definition) is 2. The number of carbonyl (C=O) groups excluding carboxylic acids is 1. The van der Waals surface area contributed by atoms with E-state index in [2.05, 4.69) is 15.3 Å². The Kier molecular flexibility index (Phi) is 5.60. The number of amides is 1. The number of nitrogens with one attached hydrogen (secondary N) is 2. The van der Waals surface area contributed by atoms with E-state index in [1.165, 1.54) is 17.8 Å². The lowest BCUT2D eigenvalue weighted by molar-refractivity contribution is -0.119. The molecule has 1 aliphatic heterocycles. The van der Waals surface area contributed by atoms with Crippen LogP contribution in [0, 0.1) is 6.92 Å². The van der Waals surface area contributed by atoms with Crippen LogP contribution in [0.1, 0.15) is 25.0 Å². The fourth-order valence-corrected chi connectivity index (χ4v) is 2.75. The molecule has 0 radical (unpaired) electrons. The molecule has 0 bridgehead atoms. The molecule has 2 N–H and O–H groups in total. The monoisotopic (exact) mass is 297 g/mol. The molecule has 0 aromatic carbocycles. The van der Waals surface area contributed by atoms with Gasteiger partial charge in [-0.3, -0.25) is 9.59 Å². The summed E-state index contributed by atoms with van der Waals surface area (Å²) in [5, 5.41) is 3.32. The van der Waals surface area contributed by atoms with Crippen molar-refractivity contribution < 1.29 is 9.53 Å². The molecule has 1 saturated heterocycles. The average Bonchev–Trinajstić information content (AvgIpc) is 2.43. The van der Waals surface area contributed by atoms with Crippen LogP contribution in [0.15, 0.2) is 16.0 Å². The van der Waals surface area contributed by atoms with Crippen molar-refractivity contribution in [2.75, 3.05) is 18.9 Å². The number of H-pyrrole nitrogens is 1. The SMILES string of the molecule is Cc1cc(=O)[nH]c(SCC(=O)NCC2CCCCO2)n1. The van der Waals surface area contributed by atoms with Crippen LogP contribution in [0.4, 0.5) is 0 Å². The highest BCUT2D eigenvalue weighted by Crippen LogP contribution is 2.12. The van der Waals surface area contributed by atoms with Gasteiger partial charge in [0.05, 0.1) is 11.9 Å². The second-order valence-corrected chi connectivity index (χ2v) is 5.74. The summed E-state index contributed by atoms with van der Waals surface area (Å²) in [5.41, 5.74) is 0.447. The molecular weight excluding hydrogens is 278 g/mol. The predicted molar refractivity (Wildman–Crippen MR) is 76.9 cm³/mol. The molecule has 7 heteroatoms. The van der Waals surface area contributed by atoms with Crippen LogP contribution in [-0.4, -0.2) is 40.9 Å². The summed E-state index contributed by atoms with van der Waals surface area (Å²) >= 11 is 1.22. The fourth-order valence-electron chi connectivity index (χ4n) is 2.00. The smallest absolute Gasteiger partial charge is 0.251 e. The molecule has 1 aromatic rings. The molecule has 2 rings (SSSR count). The topological polar surface area (TPSA) is 84.1 Å². The standard InChI is InChI=1S/C13H19N3O3S/c1-9-6-11(17)16-13(15-9)20-8-12(18)14-7-10-4-2-3-5-19-10/h6,10H,2-5,7-8H2,1H3,(H,14,18)(H,15,16,17). The van der Waals surface area contributed by atoms with Crippen molar-refractivity contribution >= 4 is 17.7 Å². The van der Waals surface area contributed by atoms with E-state index in [1.54, 1.807) is 6.92 Å². The van der Waals surface area contributed by atoms with Crippen molar-refractivity contribution in [2.24, 2.45) is 0 Å². The first-order chi connectivity index (χ1) is 9.63. The third-order valence-electron chi connectivity index (χ3n) is 2.99. The second-order valence-electron chi connectivity index (χ2n) is 4.77. The van der Waals surface area contributed by atoms with Crippen LogP contribution < -0.4 is 10.9 Å². The maximum Gasteiger partial charge on any atom is 0.251 e. The molecule has 0 saturated carbocycles. The number of rotatable bonds is 5. The zero-order valence-corrected chi connectivity index (χ0v) is 12.3. The van der Waals surface area contributed by atoms with Gasteiger partial charge >= 0.3 is 0 Å². The number of hydrogen-bond acceptors (Lipinski definition) is 5. The Morgan fingerprint density at radius 1 is 1.60 bits per heavy atom. The molecular formula is C13H19N3O3S. The lowest BCUT2D eigenvalue weighted by Gasteiger charge is -2.22. The zero-order chi connectivity index (χ0) is 14.4. The average molecular weight is 297 g/mol. The van der Waals surface area contributed by atoms with E-state index in [0.29, 0.717) is 17.4 Å². The third kappa shape index (κ3) is 4.97. The number of aryl methyl sites for hydroxylation is 1. The van der Waals surface area contributed by atoms with Gasteiger partial charge in [-0.05, 0) is 26.2 Å². The van der Waals surface area contributed by atoms with E-state index in [4.69, 9.17) is 4.74 Å². The van der Waals surface area contributed by atoms with Gasteiger partial charge in [0.1, 0.15) is 0 Å².